The van der Waals surface area contributed by atoms with Crippen LogP contribution in [0.25, 0.3) is 0 Å². The molecule has 2 aromatic rings. The fourth-order valence-electron chi connectivity index (χ4n) is 2.02. The summed E-state index contributed by atoms with van der Waals surface area (Å²) in [6.07, 6.45) is 0. The van der Waals surface area contributed by atoms with Gasteiger partial charge in [0.05, 0.1) is 10.5 Å². The number of carbonyl (C=O) groups is 2. The van der Waals surface area contributed by atoms with Crippen LogP contribution >= 0.6 is 0 Å². The maximum absolute atomic E-state index is 12.4. The van der Waals surface area contributed by atoms with Gasteiger partial charge in [-0.25, -0.2) is 13.2 Å². The molecule has 7 heteroatoms. The van der Waals surface area contributed by atoms with Gasteiger partial charge in [0.1, 0.15) is 6.61 Å². The van der Waals surface area contributed by atoms with Crippen molar-refractivity contribution in [1.82, 2.24) is 0 Å². The first-order chi connectivity index (χ1) is 11.7. The van der Waals surface area contributed by atoms with E-state index in [0.717, 1.165) is 11.1 Å². The van der Waals surface area contributed by atoms with Gasteiger partial charge in [-0.05, 0) is 68.3 Å². The monoisotopic (exact) mass is 361 g/mol. The molecule has 0 atom stereocenters. The Bertz CT molecular complexity index is 902. The minimum atomic E-state index is -3.72. The Balaban J connectivity index is 2.13. The van der Waals surface area contributed by atoms with Crippen molar-refractivity contribution < 1.29 is 22.7 Å². The molecule has 0 bridgehead atoms. The highest BCUT2D eigenvalue weighted by atomic mass is 32.2. The summed E-state index contributed by atoms with van der Waals surface area (Å²) in [6, 6.07) is 10.7. The zero-order valence-corrected chi connectivity index (χ0v) is 15.0. The van der Waals surface area contributed by atoms with Crippen molar-refractivity contribution in [3.05, 3.63) is 59.2 Å². The summed E-state index contributed by atoms with van der Waals surface area (Å²) in [6.45, 7) is 4.77. The molecular formula is C18H19NO5S. The predicted octanol–water partition coefficient (Wildman–Crippen LogP) is 2.85. The minimum absolute atomic E-state index is 0.167. The predicted molar refractivity (Wildman–Crippen MR) is 94.1 cm³/mol. The van der Waals surface area contributed by atoms with Crippen LogP contribution in [0.4, 0.5) is 5.69 Å². The van der Waals surface area contributed by atoms with E-state index in [1.807, 2.05) is 13.8 Å². The Labute approximate surface area is 146 Å². The normalized spacial score (nSPS) is 11.0. The number of benzene rings is 2. The van der Waals surface area contributed by atoms with E-state index in [4.69, 9.17) is 4.74 Å². The lowest BCUT2D eigenvalue weighted by atomic mass is 10.1. The van der Waals surface area contributed by atoms with Gasteiger partial charge in [0.2, 0.25) is 0 Å². The number of rotatable bonds is 6. The SMILES string of the molecule is CC(=O)COC(=O)c1ccc(NS(=O)(=O)c2ccc(C)c(C)c2)cc1. The lowest BCUT2D eigenvalue weighted by molar-refractivity contribution is -0.120. The van der Waals surface area contributed by atoms with Gasteiger partial charge in [-0.2, -0.15) is 0 Å². The molecule has 0 heterocycles. The van der Waals surface area contributed by atoms with E-state index in [1.54, 1.807) is 12.1 Å². The molecule has 0 amide bonds. The van der Waals surface area contributed by atoms with Crippen LogP contribution < -0.4 is 4.72 Å². The van der Waals surface area contributed by atoms with Gasteiger partial charge in [0.15, 0.2) is 5.78 Å². The number of sulfonamides is 1. The molecule has 132 valence electrons. The van der Waals surface area contributed by atoms with Gasteiger partial charge < -0.3 is 4.74 Å². The summed E-state index contributed by atoms with van der Waals surface area (Å²) >= 11 is 0. The molecule has 6 nitrogen and oxygen atoms in total. The van der Waals surface area contributed by atoms with Crippen molar-refractivity contribution in [2.45, 2.75) is 25.7 Å². The topological polar surface area (TPSA) is 89.5 Å². The van der Waals surface area contributed by atoms with Crippen molar-refractivity contribution in [2.75, 3.05) is 11.3 Å². The highest BCUT2D eigenvalue weighted by molar-refractivity contribution is 7.92. The Morgan fingerprint density at radius 3 is 2.20 bits per heavy atom. The fourth-order valence-corrected chi connectivity index (χ4v) is 3.16. The largest absolute Gasteiger partial charge is 0.454 e. The zero-order chi connectivity index (χ0) is 18.6. The van der Waals surface area contributed by atoms with E-state index < -0.39 is 16.0 Å². The van der Waals surface area contributed by atoms with E-state index in [1.165, 1.54) is 37.3 Å². The van der Waals surface area contributed by atoms with E-state index >= 15 is 0 Å². The lowest BCUT2D eigenvalue weighted by Gasteiger charge is -2.10. The van der Waals surface area contributed by atoms with Crippen LogP contribution in [0.3, 0.4) is 0 Å². The van der Waals surface area contributed by atoms with Crippen LogP contribution in [0, 0.1) is 13.8 Å². The first-order valence-corrected chi connectivity index (χ1v) is 9.04. The molecule has 2 rings (SSSR count). The van der Waals surface area contributed by atoms with Gasteiger partial charge in [-0.1, -0.05) is 6.07 Å². The zero-order valence-electron chi connectivity index (χ0n) is 14.2. The lowest BCUT2D eigenvalue weighted by Crippen LogP contribution is -2.14. The fraction of sp³-hybridized carbons (Fsp3) is 0.222. The van der Waals surface area contributed by atoms with Crippen LogP contribution in [0.2, 0.25) is 0 Å². The number of Topliss-reactive ketones (excluding diaryl/α,β-unsaturated/α-hetero) is 1. The first-order valence-electron chi connectivity index (χ1n) is 7.56. The Morgan fingerprint density at radius 1 is 1.00 bits per heavy atom. The van der Waals surface area contributed by atoms with Crippen molar-refractivity contribution in [3.63, 3.8) is 0 Å². The summed E-state index contributed by atoms with van der Waals surface area (Å²) in [5.41, 5.74) is 2.44. The van der Waals surface area contributed by atoms with Crippen molar-refractivity contribution in [2.24, 2.45) is 0 Å². The summed E-state index contributed by atoms with van der Waals surface area (Å²) < 4.78 is 32.1. The second-order valence-electron chi connectivity index (χ2n) is 5.71. The molecule has 0 radical (unpaired) electrons. The average Bonchev–Trinajstić information content (AvgIpc) is 2.55. The Kier molecular flexibility index (Phi) is 5.58. The number of nitrogens with one attached hydrogen (secondary N) is 1. The molecule has 0 aromatic heterocycles. The average molecular weight is 361 g/mol. The third kappa shape index (κ3) is 4.90. The molecule has 1 N–H and O–H groups in total. The number of anilines is 1. The highest BCUT2D eigenvalue weighted by Crippen LogP contribution is 2.19. The number of esters is 1. The maximum atomic E-state index is 12.4. The smallest absolute Gasteiger partial charge is 0.338 e. The van der Waals surface area contributed by atoms with E-state index in [-0.39, 0.29) is 22.8 Å². The molecular weight excluding hydrogens is 342 g/mol. The number of hydrogen-bond acceptors (Lipinski definition) is 5. The second kappa shape index (κ2) is 7.48. The number of ketones is 1. The third-order valence-electron chi connectivity index (χ3n) is 3.57. The summed E-state index contributed by atoms with van der Waals surface area (Å²) in [5, 5.41) is 0. The maximum Gasteiger partial charge on any atom is 0.338 e. The molecule has 0 saturated carbocycles. The number of aryl methyl sites for hydroxylation is 2. The molecule has 0 aliphatic rings. The van der Waals surface area contributed by atoms with Gasteiger partial charge in [-0.15, -0.1) is 0 Å². The quantitative estimate of drug-likeness (QED) is 0.799. The Morgan fingerprint density at radius 2 is 1.64 bits per heavy atom. The van der Waals surface area contributed by atoms with Crippen LogP contribution in [0.5, 0.6) is 0 Å². The second-order valence-corrected chi connectivity index (χ2v) is 7.39. The van der Waals surface area contributed by atoms with Crippen LogP contribution in [0.15, 0.2) is 47.4 Å². The van der Waals surface area contributed by atoms with E-state index in [0.29, 0.717) is 5.69 Å². The summed E-state index contributed by atoms with van der Waals surface area (Å²) in [4.78, 5) is 22.7. The van der Waals surface area contributed by atoms with Gasteiger partial charge in [-0.3, -0.25) is 9.52 Å². The van der Waals surface area contributed by atoms with Crippen LogP contribution in [-0.2, 0) is 19.6 Å². The minimum Gasteiger partial charge on any atom is -0.454 e. The standard InChI is InChI=1S/C18H19NO5S/c1-12-4-9-17(10-13(12)2)25(22,23)19-16-7-5-15(6-8-16)18(21)24-11-14(3)20/h4-10,19H,11H2,1-3H3. The van der Waals surface area contributed by atoms with Gasteiger partial charge in [0.25, 0.3) is 10.0 Å². The highest BCUT2D eigenvalue weighted by Gasteiger charge is 2.15. The molecule has 0 fully saturated rings. The Hall–Kier alpha value is -2.67. The number of ether oxygens (including phenoxy) is 1. The molecule has 0 unspecified atom stereocenters. The molecule has 2 aromatic carbocycles. The van der Waals surface area contributed by atoms with Crippen LogP contribution in [-0.4, -0.2) is 26.8 Å². The van der Waals surface area contributed by atoms with Crippen molar-refractivity contribution in [1.29, 1.82) is 0 Å². The van der Waals surface area contributed by atoms with Gasteiger partial charge in [0, 0.05) is 5.69 Å². The van der Waals surface area contributed by atoms with Crippen LogP contribution in [0.1, 0.15) is 28.4 Å². The van der Waals surface area contributed by atoms with E-state index in [2.05, 4.69) is 4.72 Å². The molecule has 0 aliphatic heterocycles. The molecule has 25 heavy (non-hydrogen) atoms. The first kappa shape index (κ1) is 18.7. The third-order valence-corrected chi connectivity index (χ3v) is 4.95. The number of carbonyl (C=O) groups excluding carboxylic acids is 2. The summed E-state index contributed by atoms with van der Waals surface area (Å²) in [7, 11) is -3.72. The molecule has 0 spiro atoms. The van der Waals surface area contributed by atoms with Crippen molar-refractivity contribution >= 4 is 27.5 Å². The van der Waals surface area contributed by atoms with Gasteiger partial charge >= 0.3 is 5.97 Å². The van der Waals surface area contributed by atoms with E-state index in [9.17, 15) is 18.0 Å². The molecule has 0 saturated heterocycles. The van der Waals surface area contributed by atoms with Crippen molar-refractivity contribution in [3.8, 4) is 0 Å². The molecule has 0 aliphatic carbocycles. The number of hydrogen-bond donors (Lipinski definition) is 1. The summed E-state index contributed by atoms with van der Waals surface area (Å²) in [5.74, 6) is -0.898.